The number of carbonyl (C=O) groups excluding carboxylic acids is 5. The first-order chi connectivity index (χ1) is 19.5. The van der Waals surface area contributed by atoms with Crippen molar-refractivity contribution in [2.75, 3.05) is 19.6 Å². The second-order valence-electron chi connectivity index (χ2n) is 10.7. The molecule has 1 aliphatic rings. The molecule has 11 heteroatoms. The van der Waals surface area contributed by atoms with E-state index in [0.717, 1.165) is 11.1 Å². The highest BCUT2D eigenvalue weighted by molar-refractivity contribution is 5.93. The van der Waals surface area contributed by atoms with Crippen molar-refractivity contribution in [3.63, 3.8) is 0 Å². The third kappa shape index (κ3) is 10.6. The van der Waals surface area contributed by atoms with E-state index in [0.29, 0.717) is 19.4 Å². The Kier molecular flexibility index (Phi) is 11.3. The Balaban J connectivity index is 1.54. The van der Waals surface area contributed by atoms with E-state index in [1.807, 2.05) is 48.5 Å². The maximum Gasteiger partial charge on any atom is 0.407 e. The molecule has 11 nitrogen and oxygen atoms in total. The van der Waals surface area contributed by atoms with Crippen molar-refractivity contribution >= 4 is 29.8 Å². The molecule has 2 atom stereocenters. The molecular formula is C30H38N4O7. The molecule has 0 spiro atoms. The lowest BCUT2D eigenvalue weighted by atomic mass is 10.1. The van der Waals surface area contributed by atoms with Crippen LogP contribution in [0.2, 0.25) is 0 Å². The fourth-order valence-corrected chi connectivity index (χ4v) is 4.30. The van der Waals surface area contributed by atoms with Gasteiger partial charge in [0.15, 0.2) is 0 Å². The number of esters is 1. The molecule has 3 N–H and O–H groups in total. The Morgan fingerprint density at radius 2 is 1.54 bits per heavy atom. The molecule has 2 aromatic carbocycles. The van der Waals surface area contributed by atoms with E-state index in [-0.39, 0.29) is 19.6 Å². The molecule has 0 saturated carbocycles. The van der Waals surface area contributed by atoms with E-state index in [4.69, 9.17) is 9.47 Å². The number of rotatable bonds is 11. The second-order valence-corrected chi connectivity index (χ2v) is 10.7. The molecule has 1 heterocycles. The van der Waals surface area contributed by atoms with Crippen LogP contribution in [0.3, 0.4) is 0 Å². The van der Waals surface area contributed by atoms with E-state index < -0.39 is 54.0 Å². The fourth-order valence-electron chi connectivity index (χ4n) is 4.30. The lowest BCUT2D eigenvalue weighted by Crippen LogP contribution is -2.53. The molecule has 41 heavy (non-hydrogen) atoms. The molecule has 1 saturated heterocycles. The molecule has 220 valence electrons. The predicted molar refractivity (Wildman–Crippen MR) is 150 cm³/mol. The van der Waals surface area contributed by atoms with Crippen LogP contribution >= 0.6 is 0 Å². The summed E-state index contributed by atoms with van der Waals surface area (Å²) < 4.78 is 10.6. The molecule has 2 aromatic rings. The summed E-state index contributed by atoms with van der Waals surface area (Å²) >= 11 is 0. The number of hydrogen-bond acceptors (Lipinski definition) is 7. The maximum atomic E-state index is 13.1. The Labute approximate surface area is 239 Å². The van der Waals surface area contributed by atoms with Crippen molar-refractivity contribution < 1.29 is 33.4 Å². The van der Waals surface area contributed by atoms with Crippen molar-refractivity contribution in [2.24, 2.45) is 0 Å². The van der Waals surface area contributed by atoms with Gasteiger partial charge in [-0.3, -0.25) is 14.4 Å². The highest BCUT2D eigenvalue weighted by Gasteiger charge is 2.37. The molecule has 3 rings (SSSR count). The smallest absolute Gasteiger partial charge is 0.407 e. The third-order valence-corrected chi connectivity index (χ3v) is 6.21. The number of alkyl carbamates (subject to hydrolysis) is 1. The highest BCUT2D eigenvalue weighted by Crippen LogP contribution is 2.21. The number of hydrogen-bond donors (Lipinski definition) is 3. The summed E-state index contributed by atoms with van der Waals surface area (Å²) in [5.41, 5.74) is 0.908. The van der Waals surface area contributed by atoms with Crippen LogP contribution in [0, 0.1) is 0 Å². The number of benzene rings is 2. The van der Waals surface area contributed by atoms with Gasteiger partial charge in [-0.05, 0) is 44.7 Å². The van der Waals surface area contributed by atoms with Gasteiger partial charge in [0.1, 0.15) is 30.8 Å². The van der Waals surface area contributed by atoms with Crippen molar-refractivity contribution in [2.45, 2.75) is 64.3 Å². The monoisotopic (exact) mass is 566 g/mol. The van der Waals surface area contributed by atoms with E-state index in [1.54, 1.807) is 32.9 Å². The van der Waals surface area contributed by atoms with Crippen molar-refractivity contribution in [1.82, 2.24) is 20.9 Å². The zero-order valence-corrected chi connectivity index (χ0v) is 23.7. The van der Waals surface area contributed by atoms with Crippen LogP contribution in [0.25, 0.3) is 0 Å². The van der Waals surface area contributed by atoms with Gasteiger partial charge in [-0.1, -0.05) is 60.7 Å². The average Bonchev–Trinajstić information content (AvgIpc) is 3.44. The summed E-state index contributed by atoms with van der Waals surface area (Å²) in [6.45, 7) is 4.96. The van der Waals surface area contributed by atoms with Crippen molar-refractivity contribution in [3.05, 3.63) is 71.8 Å². The molecule has 4 amide bonds. The summed E-state index contributed by atoms with van der Waals surface area (Å²) in [7, 11) is 0. The van der Waals surface area contributed by atoms with Crippen LogP contribution in [0.4, 0.5) is 4.79 Å². The molecule has 0 bridgehead atoms. The maximum absolute atomic E-state index is 13.1. The first kappa shape index (κ1) is 31.1. The zero-order valence-electron chi connectivity index (χ0n) is 23.7. The summed E-state index contributed by atoms with van der Waals surface area (Å²) in [6.07, 6.45) is 0.526. The van der Waals surface area contributed by atoms with Crippen LogP contribution in [-0.2, 0) is 41.7 Å². The van der Waals surface area contributed by atoms with E-state index in [9.17, 15) is 24.0 Å². The molecule has 0 aromatic heterocycles. The van der Waals surface area contributed by atoms with E-state index >= 15 is 0 Å². The molecule has 0 radical (unpaired) electrons. The van der Waals surface area contributed by atoms with Crippen LogP contribution in [0.5, 0.6) is 0 Å². The van der Waals surface area contributed by atoms with Crippen molar-refractivity contribution in [1.29, 1.82) is 0 Å². The van der Waals surface area contributed by atoms with Gasteiger partial charge in [0, 0.05) is 13.0 Å². The van der Waals surface area contributed by atoms with Gasteiger partial charge in [0.2, 0.25) is 17.7 Å². The first-order valence-corrected chi connectivity index (χ1v) is 13.6. The van der Waals surface area contributed by atoms with Gasteiger partial charge in [0.25, 0.3) is 0 Å². The molecule has 0 unspecified atom stereocenters. The molecule has 1 fully saturated rings. The Bertz CT molecular complexity index is 1200. The van der Waals surface area contributed by atoms with Gasteiger partial charge in [-0.25, -0.2) is 9.59 Å². The van der Waals surface area contributed by atoms with Crippen LogP contribution in [-0.4, -0.2) is 72.0 Å². The van der Waals surface area contributed by atoms with Gasteiger partial charge in [-0.2, -0.15) is 0 Å². The number of nitrogens with one attached hydrogen (secondary N) is 3. The zero-order chi connectivity index (χ0) is 29.8. The van der Waals surface area contributed by atoms with E-state index in [1.165, 1.54) is 4.90 Å². The molecule has 1 aliphatic heterocycles. The first-order valence-electron chi connectivity index (χ1n) is 13.6. The SMILES string of the molecule is CC(C)(C)OC(=O)[C@@H]1CCCN1C(=O)CNC(=O)[C@H](Cc1ccccc1)NC(=O)CNC(=O)OCc1ccccc1. The third-order valence-electron chi connectivity index (χ3n) is 6.21. The number of nitrogens with zero attached hydrogens (tertiary/aromatic N) is 1. The standard InChI is InChI=1S/C30H38N4O7/c1-30(2,3)41-28(38)24-15-10-16-34(24)26(36)19-31-27(37)23(17-21-11-6-4-7-12-21)33-25(35)18-32-29(39)40-20-22-13-8-5-9-14-22/h4-9,11-14,23-24H,10,15-20H2,1-3H3,(H,31,37)(H,32,39)(H,33,35)/t23-,24-/m0/s1. The summed E-state index contributed by atoms with van der Waals surface area (Å²) in [5, 5.41) is 7.58. The van der Waals surface area contributed by atoms with Crippen LogP contribution < -0.4 is 16.0 Å². The predicted octanol–water partition coefficient (Wildman–Crippen LogP) is 2.09. The normalized spacial score (nSPS) is 15.4. The number of ether oxygens (including phenoxy) is 2. The summed E-state index contributed by atoms with van der Waals surface area (Å²) in [5.74, 6) is -2.07. The Hall–Kier alpha value is -4.41. The van der Waals surface area contributed by atoms with Gasteiger partial charge >= 0.3 is 12.1 Å². The lowest BCUT2D eigenvalue weighted by molar-refractivity contribution is -0.163. The average molecular weight is 567 g/mol. The molecule has 0 aliphatic carbocycles. The van der Waals surface area contributed by atoms with Gasteiger partial charge in [0.05, 0.1) is 6.54 Å². The van der Waals surface area contributed by atoms with Crippen molar-refractivity contribution in [3.8, 4) is 0 Å². The minimum absolute atomic E-state index is 0.0488. The lowest BCUT2D eigenvalue weighted by Gasteiger charge is -2.27. The number of likely N-dealkylation sites (tertiary alicyclic amines) is 1. The summed E-state index contributed by atoms with van der Waals surface area (Å²) in [4.78, 5) is 64.7. The quantitative estimate of drug-likeness (QED) is 0.354. The summed E-state index contributed by atoms with van der Waals surface area (Å²) in [6, 6.07) is 16.5. The van der Waals surface area contributed by atoms with Gasteiger partial charge < -0.3 is 30.3 Å². The Morgan fingerprint density at radius 1 is 0.902 bits per heavy atom. The minimum Gasteiger partial charge on any atom is -0.458 e. The fraction of sp³-hybridized carbons (Fsp3) is 0.433. The molecular weight excluding hydrogens is 528 g/mol. The number of amides is 4. The minimum atomic E-state index is -1.01. The highest BCUT2D eigenvalue weighted by atomic mass is 16.6. The van der Waals surface area contributed by atoms with Crippen LogP contribution in [0.15, 0.2) is 60.7 Å². The topological polar surface area (TPSA) is 143 Å². The van der Waals surface area contributed by atoms with E-state index in [2.05, 4.69) is 16.0 Å². The second kappa shape index (κ2) is 14.8. The Morgan fingerprint density at radius 3 is 2.17 bits per heavy atom. The largest absolute Gasteiger partial charge is 0.458 e. The van der Waals surface area contributed by atoms with Crippen LogP contribution in [0.1, 0.15) is 44.7 Å². The van der Waals surface area contributed by atoms with Gasteiger partial charge in [-0.15, -0.1) is 0 Å². The number of carbonyl (C=O) groups is 5.